The molecule has 0 radical (unpaired) electrons. The lowest BCUT2D eigenvalue weighted by Gasteiger charge is -2.21. The van der Waals surface area contributed by atoms with Gasteiger partial charge in [-0.15, -0.1) is 12.6 Å². The van der Waals surface area contributed by atoms with Crippen molar-refractivity contribution in [3.05, 3.63) is 120 Å². The SMILES string of the molecule is CC(C)(C)c1ccc([S+](c2ccc(C(C)(C)C)cc2)c2ccc(C(C)(C)C)cc2)cc1.O=S(=O)(O)C(F)(F)F.O=S(=O)([O-])C(F)(F)F.Sc1ccccc1. The third-order valence-electron chi connectivity index (χ3n) is 7.20. The summed E-state index contributed by atoms with van der Waals surface area (Å²) in [5, 5.41) is 0. The van der Waals surface area contributed by atoms with Gasteiger partial charge in [0.05, 0.1) is 10.9 Å². The molecule has 0 amide bonds. The summed E-state index contributed by atoms with van der Waals surface area (Å²) in [6.45, 7) is 20.5. The van der Waals surface area contributed by atoms with Crippen LogP contribution in [0.4, 0.5) is 26.3 Å². The van der Waals surface area contributed by atoms with Crippen molar-refractivity contribution in [2.45, 2.75) is 109 Å². The highest BCUT2D eigenvalue weighted by Crippen LogP contribution is 2.35. The van der Waals surface area contributed by atoms with Gasteiger partial charge in [0.2, 0.25) is 0 Å². The minimum atomic E-state index is -6.09. The molecule has 0 fully saturated rings. The van der Waals surface area contributed by atoms with Crippen LogP contribution in [0.3, 0.4) is 0 Å². The third kappa shape index (κ3) is 16.4. The fourth-order valence-electron chi connectivity index (χ4n) is 4.11. The van der Waals surface area contributed by atoms with E-state index in [0.717, 1.165) is 4.90 Å². The Balaban J connectivity index is 0.000000510. The van der Waals surface area contributed by atoms with Crippen molar-refractivity contribution in [2.75, 3.05) is 0 Å². The van der Waals surface area contributed by atoms with E-state index in [2.05, 4.69) is 148 Å². The molecule has 0 aliphatic heterocycles. The molecular formula is C38H46F6O6S4. The van der Waals surface area contributed by atoms with Gasteiger partial charge in [0.1, 0.15) is 0 Å². The Morgan fingerprint density at radius 3 is 0.852 bits per heavy atom. The molecule has 1 N–H and O–H groups in total. The lowest BCUT2D eigenvalue weighted by Crippen LogP contribution is -2.21. The van der Waals surface area contributed by atoms with E-state index in [1.807, 2.05) is 30.3 Å². The lowest BCUT2D eigenvalue weighted by molar-refractivity contribution is -0.0519. The van der Waals surface area contributed by atoms with Gasteiger partial charge in [0.15, 0.2) is 24.8 Å². The van der Waals surface area contributed by atoms with Gasteiger partial charge in [-0.05, 0) is 81.5 Å². The molecule has 0 aliphatic rings. The molecule has 4 aromatic carbocycles. The summed E-state index contributed by atoms with van der Waals surface area (Å²) >= 11 is 4.08. The van der Waals surface area contributed by atoms with Crippen LogP contribution in [-0.2, 0) is 47.4 Å². The second-order valence-corrected chi connectivity index (χ2v) is 20.1. The summed E-state index contributed by atoms with van der Waals surface area (Å²) < 4.78 is 116. The summed E-state index contributed by atoms with van der Waals surface area (Å²) in [6.07, 6.45) is 0. The molecule has 54 heavy (non-hydrogen) atoms. The zero-order valence-electron chi connectivity index (χ0n) is 31.2. The second-order valence-electron chi connectivity index (χ2n) is 14.8. The number of hydrogen-bond donors (Lipinski definition) is 2. The largest absolute Gasteiger partial charge is 0.741 e. The van der Waals surface area contributed by atoms with Crippen molar-refractivity contribution in [3.8, 4) is 0 Å². The van der Waals surface area contributed by atoms with Crippen molar-refractivity contribution in [1.82, 2.24) is 0 Å². The van der Waals surface area contributed by atoms with Crippen molar-refractivity contribution in [3.63, 3.8) is 0 Å². The zero-order valence-corrected chi connectivity index (χ0v) is 34.6. The average molecular weight is 841 g/mol. The van der Waals surface area contributed by atoms with Gasteiger partial charge < -0.3 is 4.55 Å². The summed E-state index contributed by atoms with van der Waals surface area (Å²) in [5.74, 6) is 0. The Kier molecular flexibility index (Phi) is 17.0. The molecule has 4 aromatic rings. The normalized spacial score (nSPS) is 12.7. The van der Waals surface area contributed by atoms with Crippen molar-refractivity contribution in [1.29, 1.82) is 0 Å². The minimum absolute atomic E-state index is 0.120. The quantitative estimate of drug-likeness (QED) is 0.0699. The molecule has 0 heterocycles. The Hall–Kier alpha value is -3.02. The van der Waals surface area contributed by atoms with Crippen molar-refractivity contribution >= 4 is 43.8 Å². The van der Waals surface area contributed by atoms with Crippen LogP contribution in [0.5, 0.6) is 0 Å². The summed E-state index contributed by atoms with van der Waals surface area (Å²) in [7, 11) is -12.1. The van der Waals surface area contributed by atoms with Gasteiger partial charge in [0.25, 0.3) is 0 Å². The van der Waals surface area contributed by atoms with Gasteiger partial charge in [-0.25, -0.2) is 8.42 Å². The molecular weight excluding hydrogens is 795 g/mol. The van der Waals surface area contributed by atoms with Crippen molar-refractivity contribution in [2.24, 2.45) is 0 Å². The van der Waals surface area contributed by atoms with E-state index in [1.54, 1.807) is 0 Å². The Morgan fingerprint density at radius 2 is 0.722 bits per heavy atom. The Labute approximate surface area is 323 Å². The molecule has 0 saturated heterocycles. The van der Waals surface area contributed by atoms with Crippen LogP contribution in [0.1, 0.15) is 79.0 Å². The highest BCUT2D eigenvalue weighted by atomic mass is 32.2. The Bertz CT molecular complexity index is 1780. The van der Waals surface area contributed by atoms with Crippen LogP contribution in [0.15, 0.2) is 123 Å². The van der Waals surface area contributed by atoms with Gasteiger partial charge >= 0.3 is 21.1 Å². The summed E-state index contributed by atoms with van der Waals surface area (Å²) in [4.78, 5) is 5.14. The molecule has 0 aliphatic carbocycles. The highest BCUT2D eigenvalue weighted by Gasteiger charge is 2.44. The number of alkyl halides is 6. The fraction of sp³-hybridized carbons (Fsp3) is 0.368. The zero-order chi connectivity index (χ0) is 42.1. The number of thiol groups is 1. The molecule has 300 valence electrons. The molecule has 0 aromatic heterocycles. The standard InChI is InChI=1S/C30H39S.C6H6S.2CHF3O3S/c1-28(2,3)22-10-16-25(17-11-22)31(26-18-12-23(13-19-26)29(4,5)6)27-20-14-24(15-21-27)30(7,8)9;7-6-4-2-1-3-5-6;2*2-1(3,4)8(5,6)7/h10-21H,1-9H3;1-5,7H;2*(H,5,6,7)/q+1;;;/p-1. The van der Waals surface area contributed by atoms with Gasteiger partial charge in [-0.3, -0.25) is 4.55 Å². The van der Waals surface area contributed by atoms with Crippen LogP contribution in [0, 0.1) is 0 Å². The van der Waals surface area contributed by atoms with E-state index < -0.39 is 31.3 Å². The predicted molar refractivity (Wildman–Crippen MR) is 205 cm³/mol. The first-order valence-electron chi connectivity index (χ1n) is 16.0. The van der Waals surface area contributed by atoms with E-state index in [4.69, 9.17) is 25.9 Å². The number of hydrogen-bond acceptors (Lipinski definition) is 6. The third-order valence-corrected chi connectivity index (χ3v) is 10.9. The molecule has 0 bridgehead atoms. The van der Waals surface area contributed by atoms with Crippen LogP contribution in [0.25, 0.3) is 0 Å². The first-order chi connectivity index (χ1) is 24.2. The van der Waals surface area contributed by atoms with Crippen LogP contribution >= 0.6 is 12.6 Å². The van der Waals surface area contributed by atoms with Crippen LogP contribution in [0.2, 0.25) is 0 Å². The van der Waals surface area contributed by atoms with E-state index >= 15 is 0 Å². The maximum absolute atomic E-state index is 10.7. The molecule has 0 atom stereocenters. The van der Waals surface area contributed by atoms with E-state index in [9.17, 15) is 26.3 Å². The predicted octanol–water partition coefficient (Wildman–Crippen LogP) is 11.1. The second kappa shape index (κ2) is 18.7. The molecule has 4 rings (SSSR count). The van der Waals surface area contributed by atoms with E-state index in [0.29, 0.717) is 0 Å². The summed E-state index contributed by atoms with van der Waals surface area (Å²) in [6, 6.07) is 37.6. The lowest BCUT2D eigenvalue weighted by atomic mass is 9.87. The topological polar surface area (TPSA) is 112 Å². The Morgan fingerprint density at radius 1 is 0.500 bits per heavy atom. The first kappa shape index (κ1) is 49.0. The van der Waals surface area contributed by atoms with E-state index in [1.165, 1.54) is 31.4 Å². The molecule has 6 nitrogen and oxygen atoms in total. The highest BCUT2D eigenvalue weighted by molar-refractivity contribution is 7.97. The smallest absolute Gasteiger partial charge is 0.522 e. The number of halogens is 6. The molecule has 0 unspecified atom stereocenters. The maximum atomic E-state index is 10.7. The monoisotopic (exact) mass is 840 g/mol. The minimum Gasteiger partial charge on any atom is -0.741 e. The van der Waals surface area contributed by atoms with Gasteiger partial charge in [-0.2, -0.15) is 34.8 Å². The maximum Gasteiger partial charge on any atom is 0.522 e. The van der Waals surface area contributed by atoms with Crippen LogP contribution in [-0.4, -0.2) is 37.0 Å². The van der Waals surface area contributed by atoms with Crippen LogP contribution < -0.4 is 0 Å². The number of rotatable bonds is 3. The van der Waals surface area contributed by atoms with E-state index in [-0.39, 0.29) is 27.1 Å². The van der Waals surface area contributed by atoms with Crippen molar-refractivity contribution < 1.29 is 52.3 Å². The van der Waals surface area contributed by atoms with Gasteiger partial charge in [0, 0.05) is 4.90 Å². The molecule has 0 saturated carbocycles. The first-order valence-corrected chi connectivity index (χ1v) is 20.5. The summed E-state index contributed by atoms with van der Waals surface area (Å²) in [5.41, 5.74) is -6.54. The average Bonchev–Trinajstić information content (AvgIpc) is 3.00. The van der Waals surface area contributed by atoms with Gasteiger partial charge in [-0.1, -0.05) is 117 Å². The fourth-order valence-corrected chi connectivity index (χ4v) is 6.32. The molecule has 16 heteroatoms. The number of benzene rings is 4. The molecule has 0 spiro atoms.